The van der Waals surface area contributed by atoms with Crippen molar-refractivity contribution in [3.63, 3.8) is 0 Å². The van der Waals surface area contributed by atoms with Crippen molar-refractivity contribution in [2.75, 3.05) is 0 Å². The van der Waals surface area contributed by atoms with Gasteiger partial charge in [0, 0.05) is 25.4 Å². The molecule has 0 aliphatic heterocycles. The molecule has 1 aliphatic rings. The zero-order valence-corrected chi connectivity index (χ0v) is 17.8. The van der Waals surface area contributed by atoms with E-state index < -0.39 is 5.97 Å². The van der Waals surface area contributed by atoms with E-state index in [1.807, 2.05) is 19.1 Å². The number of carbonyl (C=O) groups is 2. The van der Waals surface area contributed by atoms with Gasteiger partial charge in [-0.2, -0.15) is 0 Å². The molecule has 1 aromatic heterocycles. The maximum atomic E-state index is 12.2. The fourth-order valence-electron chi connectivity index (χ4n) is 3.27. The standard InChI is InChI=1S/C14H11BrO2S.C8H7FO/c1-7-12(14(16)17)13-10-4-3-9(15)6-8(10)2-5-11(13)18-7;1-6(10)7-2-4-8(9)5-3-7/h3-4,6H,2,5H2,1H3,(H,16,17);2-5H,1H3. The number of thiophene rings is 1. The van der Waals surface area contributed by atoms with E-state index in [2.05, 4.69) is 22.0 Å². The number of ketones is 1. The molecule has 0 fully saturated rings. The predicted molar refractivity (Wildman–Crippen MR) is 113 cm³/mol. The largest absolute Gasteiger partial charge is 0.478 e. The summed E-state index contributed by atoms with van der Waals surface area (Å²) >= 11 is 5.09. The van der Waals surface area contributed by atoms with Gasteiger partial charge in [0.25, 0.3) is 0 Å². The van der Waals surface area contributed by atoms with Crippen LogP contribution in [0.5, 0.6) is 0 Å². The lowest BCUT2D eigenvalue weighted by Gasteiger charge is -2.17. The first-order valence-electron chi connectivity index (χ1n) is 8.68. The van der Waals surface area contributed by atoms with Gasteiger partial charge in [-0.05, 0) is 74.2 Å². The summed E-state index contributed by atoms with van der Waals surface area (Å²) in [6.07, 6.45) is 1.93. The van der Waals surface area contributed by atoms with Gasteiger partial charge < -0.3 is 5.11 Å². The highest BCUT2D eigenvalue weighted by molar-refractivity contribution is 9.10. The molecule has 3 aromatic rings. The molecule has 1 heterocycles. The first-order valence-corrected chi connectivity index (χ1v) is 10.3. The maximum Gasteiger partial charge on any atom is 0.337 e. The minimum Gasteiger partial charge on any atom is -0.478 e. The highest BCUT2D eigenvalue weighted by Crippen LogP contribution is 2.42. The summed E-state index contributed by atoms with van der Waals surface area (Å²) in [5.41, 5.74) is 4.29. The summed E-state index contributed by atoms with van der Waals surface area (Å²) < 4.78 is 13.3. The molecule has 0 saturated carbocycles. The number of hydrogen-bond donors (Lipinski definition) is 1. The SMILES string of the molecule is CC(=O)c1ccc(F)cc1.Cc1sc2c(c1C(=O)O)-c1ccc(Br)cc1CC2. The summed E-state index contributed by atoms with van der Waals surface area (Å²) in [6.45, 7) is 3.35. The highest BCUT2D eigenvalue weighted by Gasteiger charge is 2.26. The molecule has 0 radical (unpaired) electrons. The zero-order valence-electron chi connectivity index (χ0n) is 15.4. The maximum absolute atomic E-state index is 12.2. The first kappa shape index (κ1) is 20.4. The second-order valence-electron chi connectivity index (χ2n) is 6.50. The van der Waals surface area contributed by atoms with Gasteiger partial charge in [-0.1, -0.05) is 22.0 Å². The molecule has 0 amide bonds. The van der Waals surface area contributed by atoms with Gasteiger partial charge in [-0.3, -0.25) is 4.79 Å². The number of aryl methyl sites for hydroxylation is 3. The number of hydrogen-bond acceptors (Lipinski definition) is 3. The van der Waals surface area contributed by atoms with E-state index in [0.717, 1.165) is 33.3 Å². The lowest BCUT2D eigenvalue weighted by atomic mass is 9.88. The number of Topliss-reactive ketones (excluding diaryl/α,β-unsaturated/α-hetero) is 1. The molecule has 2 aromatic carbocycles. The van der Waals surface area contributed by atoms with Crippen LogP contribution in [0, 0.1) is 12.7 Å². The summed E-state index contributed by atoms with van der Waals surface area (Å²) in [5.74, 6) is -1.18. The average Bonchev–Trinajstić information content (AvgIpc) is 2.98. The van der Waals surface area contributed by atoms with Gasteiger partial charge in [0.2, 0.25) is 0 Å². The Bertz CT molecular complexity index is 1050. The van der Waals surface area contributed by atoms with E-state index >= 15 is 0 Å². The number of rotatable bonds is 2. The minimum atomic E-state index is -0.819. The van der Waals surface area contributed by atoms with Gasteiger partial charge in [-0.15, -0.1) is 11.3 Å². The topological polar surface area (TPSA) is 54.4 Å². The summed E-state index contributed by atoms with van der Waals surface area (Å²) in [4.78, 5) is 24.2. The van der Waals surface area contributed by atoms with Crippen LogP contribution in [0.4, 0.5) is 4.39 Å². The van der Waals surface area contributed by atoms with E-state index in [-0.39, 0.29) is 11.6 Å². The number of carboxylic acids is 1. The van der Waals surface area contributed by atoms with Crippen LogP contribution >= 0.6 is 27.3 Å². The molecule has 0 atom stereocenters. The van der Waals surface area contributed by atoms with Crippen molar-refractivity contribution >= 4 is 39.0 Å². The second-order valence-corrected chi connectivity index (χ2v) is 8.73. The molecule has 4 rings (SSSR count). The third kappa shape index (κ3) is 4.23. The van der Waals surface area contributed by atoms with E-state index in [9.17, 15) is 19.1 Å². The van der Waals surface area contributed by atoms with Crippen molar-refractivity contribution in [1.29, 1.82) is 0 Å². The lowest BCUT2D eigenvalue weighted by Crippen LogP contribution is -2.05. The molecule has 0 bridgehead atoms. The highest BCUT2D eigenvalue weighted by atomic mass is 79.9. The number of carboxylic acid groups (broad SMARTS) is 1. The molecule has 28 heavy (non-hydrogen) atoms. The van der Waals surface area contributed by atoms with Crippen LogP contribution in [0.25, 0.3) is 11.1 Å². The molecule has 3 nitrogen and oxygen atoms in total. The number of halogens is 2. The van der Waals surface area contributed by atoms with Gasteiger partial charge in [0.1, 0.15) is 5.82 Å². The van der Waals surface area contributed by atoms with Crippen molar-refractivity contribution in [2.24, 2.45) is 0 Å². The molecule has 0 spiro atoms. The third-order valence-electron chi connectivity index (χ3n) is 4.58. The lowest BCUT2D eigenvalue weighted by molar-refractivity contribution is 0.0697. The van der Waals surface area contributed by atoms with Gasteiger partial charge in [0.15, 0.2) is 5.78 Å². The summed E-state index contributed by atoms with van der Waals surface area (Å²) in [6, 6.07) is 11.6. The zero-order chi connectivity index (χ0) is 20.4. The normalized spacial score (nSPS) is 11.7. The number of carbonyl (C=O) groups excluding carboxylic acids is 1. The van der Waals surface area contributed by atoms with E-state index in [0.29, 0.717) is 11.1 Å². The minimum absolute atomic E-state index is 0.0417. The molecule has 1 N–H and O–H groups in total. The number of fused-ring (bicyclic) bond motifs is 3. The van der Waals surface area contributed by atoms with Crippen LogP contribution in [-0.2, 0) is 12.8 Å². The monoisotopic (exact) mass is 460 g/mol. The summed E-state index contributed by atoms with van der Waals surface area (Å²) in [7, 11) is 0. The quantitative estimate of drug-likeness (QED) is 0.455. The van der Waals surface area contributed by atoms with E-state index in [1.54, 1.807) is 11.3 Å². The molecule has 6 heteroatoms. The van der Waals surface area contributed by atoms with Crippen LogP contribution in [0.15, 0.2) is 46.9 Å². The van der Waals surface area contributed by atoms with Crippen LogP contribution in [0.3, 0.4) is 0 Å². The Morgan fingerprint density at radius 1 is 1.11 bits per heavy atom. The molecule has 0 unspecified atom stereocenters. The van der Waals surface area contributed by atoms with Crippen LogP contribution in [-0.4, -0.2) is 16.9 Å². The number of benzene rings is 2. The molecular formula is C22H18BrFO3S. The van der Waals surface area contributed by atoms with Crippen molar-refractivity contribution < 1.29 is 19.1 Å². The Kier molecular flexibility index (Phi) is 6.10. The Hall–Kier alpha value is -2.31. The van der Waals surface area contributed by atoms with Crippen LogP contribution in [0.1, 0.15) is 43.0 Å². The van der Waals surface area contributed by atoms with Crippen LogP contribution in [0.2, 0.25) is 0 Å². The Balaban J connectivity index is 0.000000192. The van der Waals surface area contributed by atoms with Crippen LogP contribution < -0.4 is 0 Å². The average molecular weight is 461 g/mol. The fraction of sp³-hybridized carbons (Fsp3) is 0.182. The first-order chi connectivity index (χ1) is 13.3. The Morgan fingerprint density at radius 2 is 1.79 bits per heavy atom. The van der Waals surface area contributed by atoms with Gasteiger partial charge >= 0.3 is 5.97 Å². The van der Waals surface area contributed by atoms with Crippen molar-refractivity contribution in [2.45, 2.75) is 26.7 Å². The van der Waals surface area contributed by atoms with Gasteiger partial charge in [-0.25, -0.2) is 9.18 Å². The van der Waals surface area contributed by atoms with Crippen molar-refractivity contribution in [3.8, 4) is 11.1 Å². The third-order valence-corrected chi connectivity index (χ3v) is 6.24. The fourth-order valence-corrected chi connectivity index (χ4v) is 4.85. The van der Waals surface area contributed by atoms with Crippen molar-refractivity contribution in [3.05, 3.63) is 79.2 Å². The number of aromatic carboxylic acids is 1. The predicted octanol–water partition coefficient (Wildman–Crippen LogP) is 6.31. The van der Waals surface area contributed by atoms with Crippen molar-refractivity contribution in [1.82, 2.24) is 0 Å². The second kappa shape index (κ2) is 8.37. The Labute approximate surface area is 175 Å². The molecule has 144 valence electrons. The smallest absolute Gasteiger partial charge is 0.337 e. The molecule has 1 aliphatic carbocycles. The summed E-state index contributed by atoms with van der Waals surface area (Å²) in [5, 5.41) is 9.39. The van der Waals surface area contributed by atoms with Gasteiger partial charge in [0.05, 0.1) is 5.56 Å². The molecular weight excluding hydrogens is 443 g/mol. The van der Waals surface area contributed by atoms with E-state index in [4.69, 9.17) is 0 Å². The Morgan fingerprint density at radius 3 is 2.39 bits per heavy atom. The van der Waals surface area contributed by atoms with E-state index in [1.165, 1.54) is 41.6 Å². The molecule has 0 saturated heterocycles.